The quantitative estimate of drug-likeness (QED) is 0.194. The van der Waals surface area contributed by atoms with Crippen molar-refractivity contribution in [3.8, 4) is 11.8 Å². The number of ether oxygens (including phenoxy) is 1. The molecule has 0 radical (unpaired) electrons. The van der Waals surface area contributed by atoms with Gasteiger partial charge in [0.1, 0.15) is 28.9 Å². The number of sulfonamides is 1. The number of furan rings is 1. The van der Waals surface area contributed by atoms with Crippen molar-refractivity contribution >= 4 is 27.7 Å². The van der Waals surface area contributed by atoms with Crippen LogP contribution in [0.15, 0.2) is 99.8 Å². The van der Waals surface area contributed by atoms with Crippen molar-refractivity contribution in [1.29, 1.82) is 5.26 Å². The molecule has 0 aliphatic rings. The first-order chi connectivity index (χ1) is 19.2. The number of benzene rings is 3. The maximum absolute atomic E-state index is 13.6. The van der Waals surface area contributed by atoms with Crippen molar-refractivity contribution in [2.45, 2.75) is 31.8 Å². The van der Waals surface area contributed by atoms with E-state index in [-0.39, 0.29) is 29.3 Å². The second-order valence-electron chi connectivity index (χ2n) is 9.23. The van der Waals surface area contributed by atoms with E-state index in [0.29, 0.717) is 17.2 Å². The third-order valence-corrected chi connectivity index (χ3v) is 7.94. The zero-order valence-electron chi connectivity index (χ0n) is 22.4. The number of anilines is 1. The first kappa shape index (κ1) is 28.4. The summed E-state index contributed by atoms with van der Waals surface area (Å²) in [5, 5.41) is 12.3. The molecule has 0 fully saturated rings. The molecule has 1 heterocycles. The molecular formula is C31H29N3O5S. The zero-order chi connectivity index (χ0) is 28.7. The van der Waals surface area contributed by atoms with Crippen molar-refractivity contribution < 1.29 is 22.4 Å². The summed E-state index contributed by atoms with van der Waals surface area (Å²) in [7, 11) is -2.35. The van der Waals surface area contributed by atoms with Crippen molar-refractivity contribution in [3.63, 3.8) is 0 Å². The Morgan fingerprint density at radius 2 is 1.65 bits per heavy atom. The summed E-state index contributed by atoms with van der Waals surface area (Å²) < 4.78 is 39.6. The third-order valence-electron chi connectivity index (χ3n) is 6.13. The fourth-order valence-electron chi connectivity index (χ4n) is 3.90. The molecule has 1 aromatic heterocycles. The highest BCUT2D eigenvalue weighted by molar-refractivity contribution is 7.89. The summed E-state index contributed by atoms with van der Waals surface area (Å²) in [4.78, 5) is 12.9. The van der Waals surface area contributed by atoms with E-state index in [1.807, 2.05) is 44.2 Å². The topological polar surface area (TPSA) is 113 Å². The molecular weight excluding hydrogens is 526 g/mol. The zero-order valence-corrected chi connectivity index (χ0v) is 23.2. The Labute approximate surface area is 234 Å². The molecule has 40 heavy (non-hydrogen) atoms. The van der Waals surface area contributed by atoms with Crippen LogP contribution in [-0.2, 0) is 27.9 Å². The molecule has 8 nitrogen and oxygen atoms in total. The SMILES string of the molecule is COc1cccc(NC(=O)/C(C#N)=C\c2ccc(CN(Cc3ccc(C)cc3)S(=O)(=O)c3ccc(C)cc3)o2)c1. The fourth-order valence-corrected chi connectivity index (χ4v) is 5.30. The molecule has 0 aliphatic carbocycles. The molecule has 1 amide bonds. The van der Waals surface area contributed by atoms with Gasteiger partial charge in [-0.1, -0.05) is 53.6 Å². The van der Waals surface area contributed by atoms with Gasteiger partial charge in [-0.2, -0.15) is 9.57 Å². The van der Waals surface area contributed by atoms with E-state index in [1.165, 1.54) is 17.5 Å². The summed E-state index contributed by atoms with van der Waals surface area (Å²) in [6.07, 6.45) is 1.32. The molecule has 0 saturated carbocycles. The minimum absolute atomic E-state index is 0.0458. The van der Waals surface area contributed by atoms with Gasteiger partial charge in [-0.25, -0.2) is 8.42 Å². The number of nitrogens with one attached hydrogen (secondary N) is 1. The lowest BCUT2D eigenvalue weighted by atomic mass is 10.1. The smallest absolute Gasteiger partial charge is 0.266 e. The van der Waals surface area contributed by atoms with Crippen molar-refractivity contribution in [3.05, 3.63) is 119 Å². The molecule has 0 atom stereocenters. The van der Waals surface area contributed by atoms with E-state index in [0.717, 1.165) is 16.7 Å². The maximum Gasteiger partial charge on any atom is 0.266 e. The minimum atomic E-state index is -3.87. The van der Waals surface area contributed by atoms with Crippen LogP contribution in [0.5, 0.6) is 5.75 Å². The molecule has 4 aromatic rings. The predicted octanol–water partition coefficient (Wildman–Crippen LogP) is 5.84. The normalized spacial score (nSPS) is 11.7. The van der Waals surface area contributed by atoms with Crippen LogP contribution in [0.2, 0.25) is 0 Å². The van der Waals surface area contributed by atoms with E-state index in [9.17, 15) is 18.5 Å². The molecule has 4 rings (SSSR count). The van der Waals surface area contributed by atoms with Crippen LogP contribution < -0.4 is 10.1 Å². The van der Waals surface area contributed by atoms with Gasteiger partial charge in [-0.3, -0.25) is 4.79 Å². The molecule has 0 aliphatic heterocycles. The van der Waals surface area contributed by atoms with Gasteiger partial charge in [0.05, 0.1) is 18.6 Å². The fraction of sp³-hybridized carbons (Fsp3) is 0.161. The van der Waals surface area contributed by atoms with Gasteiger partial charge in [-0.15, -0.1) is 0 Å². The second kappa shape index (κ2) is 12.5. The van der Waals surface area contributed by atoms with Crippen molar-refractivity contribution in [1.82, 2.24) is 4.31 Å². The van der Waals surface area contributed by atoms with Gasteiger partial charge in [0.15, 0.2) is 0 Å². The lowest BCUT2D eigenvalue weighted by molar-refractivity contribution is -0.112. The average molecular weight is 556 g/mol. The van der Waals surface area contributed by atoms with Gasteiger partial charge in [-0.05, 0) is 55.8 Å². The number of nitrogens with zero attached hydrogens (tertiary/aromatic N) is 2. The van der Waals surface area contributed by atoms with Gasteiger partial charge in [0.2, 0.25) is 10.0 Å². The largest absolute Gasteiger partial charge is 0.497 e. The highest BCUT2D eigenvalue weighted by atomic mass is 32.2. The van der Waals surface area contributed by atoms with Gasteiger partial charge in [0.25, 0.3) is 5.91 Å². The van der Waals surface area contributed by atoms with Gasteiger partial charge < -0.3 is 14.5 Å². The van der Waals surface area contributed by atoms with Crippen LogP contribution in [0, 0.1) is 25.2 Å². The lowest BCUT2D eigenvalue weighted by Gasteiger charge is -2.21. The molecule has 0 bridgehead atoms. The lowest BCUT2D eigenvalue weighted by Crippen LogP contribution is -2.30. The Hall–Kier alpha value is -4.65. The molecule has 204 valence electrons. The Balaban J connectivity index is 1.57. The Morgan fingerprint density at radius 3 is 2.30 bits per heavy atom. The number of hydrogen-bond acceptors (Lipinski definition) is 6. The summed E-state index contributed by atoms with van der Waals surface area (Å²) in [6, 6.07) is 26.2. The number of nitriles is 1. The van der Waals surface area contributed by atoms with Gasteiger partial charge in [0, 0.05) is 24.4 Å². The van der Waals surface area contributed by atoms with Gasteiger partial charge >= 0.3 is 0 Å². The van der Waals surface area contributed by atoms with Crippen LogP contribution in [0.1, 0.15) is 28.2 Å². The highest BCUT2D eigenvalue weighted by Gasteiger charge is 2.26. The van der Waals surface area contributed by atoms with E-state index in [1.54, 1.807) is 60.7 Å². The Morgan fingerprint density at radius 1 is 0.975 bits per heavy atom. The standard InChI is InChI=1S/C31H29N3O5S/c1-22-7-11-24(12-8-22)20-34(40(36,37)30-15-9-23(2)10-16-30)21-29-14-13-28(39-29)17-25(19-32)31(35)33-26-5-4-6-27(18-26)38-3/h4-18H,20-21H2,1-3H3,(H,33,35)/b25-17-. The predicted molar refractivity (Wildman–Crippen MR) is 153 cm³/mol. The summed E-state index contributed by atoms with van der Waals surface area (Å²) >= 11 is 0. The van der Waals surface area contributed by atoms with Crippen LogP contribution in [0.25, 0.3) is 6.08 Å². The minimum Gasteiger partial charge on any atom is -0.497 e. The van der Waals surface area contributed by atoms with E-state index in [2.05, 4.69) is 5.32 Å². The summed E-state index contributed by atoms with van der Waals surface area (Å²) in [5.41, 5.74) is 3.15. The summed E-state index contributed by atoms with van der Waals surface area (Å²) in [5.74, 6) is 0.554. The Bertz CT molecular complexity index is 1670. The van der Waals surface area contributed by atoms with Crippen molar-refractivity contribution in [2.75, 3.05) is 12.4 Å². The second-order valence-corrected chi connectivity index (χ2v) is 11.2. The van der Waals surface area contributed by atoms with Crippen LogP contribution in [0.3, 0.4) is 0 Å². The van der Waals surface area contributed by atoms with Crippen molar-refractivity contribution in [2.24, 2.45) is 0 Å². The Kier molecular flexibility index (Phi) is 8.84. The third kappa shape index (κ3) is 7.05. The number of amides is 1. The number of hydrogen-bond donors (Lipinski definition) is 1. The van der Waals surface area contributed by atoms with Crippen LogP contribution >= 0.6 is 0 Å². The van der Waals surface area contributed by atoms with E-state index < -0.39 is 15.9 Å². The number of methoxy groups -OCH3 is 1. The van der Waals surface area contributed by atoms with E-state index >= 15 is 0 Å². The average Bonchev–Trinajstić information content (AvgIpc) is 3.39. The molecule has 0 unspecified atom stereocenters. The number of carbonyl (C=O) groups is 1. The number of rotatable bonds is 10. The first-order valence-corrected chi connectivity index (χ1v) is 13.9. The molecule has 9 heteroatoms. The molecule has 1 N–H and O–H groups in total. The molecule has 0 spiro atoms. The summed E-state index contributed by atoms with van der Waals surface area (Å²) in [6.45, 7) is 3.95. The highest BCUT2D eigenvalue weighted by Crippen LogP contribution is 2.24. The number of aryl methyl sites for hydroxylation is 2. The molecule has 0 saturated heterocycles. The monoisotopic (exact) mass is 555 g/mol. The number of carbonyl (C=O) groups excluding carboxylic acids is 1. The van der Waals surface area contributed by atoms with E-state index in [4.69, 9.17) is 9.15 Å². The van der Waals surface area contributed by atoms with Crippen LogP contribution in [-0.4, -0.2) is 25.7 Å². The van der Waals surface area contributed by atoms with Crippen LogP contribution in [0.4, 0.5) is 5.69 Å². The first-order valence-electron chi connectivity index (χ1n) is 12.5. The molecule has 3 aromatic carbocycles. The maximum atomic E-state index is 13.6.